The number of nitrogens with one attached hydrogen (secondary N) is 1. The molecular weight excluding hydrogens is 368 g/mol. The third-order valence-electron chi connectivity index (χ3n) is 5.16. The Morgan fingerprint density at radius 3 is 1.83 bits per heavy atom. The fourth-order valence-corrected chi connectivity index (χ4v) is 3.67. The zero-order valence-electron chi connectivity index (χ0n) is 16.5. The van der Waals surface area contributed by atoms with Gasteiger partial charge in [-0.25, -0.2) is 0 Å². The lowest BCUT2D eigenvalue weighted by atomic mass is 10.0. The zero-order chi connectivity index (χ0) is 20.2. The summed E-state index contributed by atoms with van der Waals surface area (Å²) in [6.45, 7) is 0. The molecule has 3 nitrogen and oxygen atoms in total. The molecule has 4 aromatic rings. The van der Waals surface area contributed by atoms with Gasteiger partial charge in [-0.05, 0) is 65.7 Å². The van der Waals surface area contributed by atoms with E-state index in [2.05, 4.69) is 83.2 Å². The second-order valence-corrected chi connectivity index (χ2v) is 7.19. The Morgan fingerprint density at radius 1 is 0.600 bits per heavy atom. The summed E-state index contributed by atoms with van der Waals surface area (Å²) in [6.07, 6.45) is 2.27. The lowest BCUT2D eigenvalue weighted by Crippen LogP contribution is -2.33. The van der Waals surface area contributed by atoms with Crippen molar-refractivity contribution < 1.29 is 4.74 Å². The second kappa shape index (κ2) is 8.18. The quantitative estimate of drug-likeness (QED) is 0.416. The number of hydrogen-bond acceptors (Lipinski definition) is 3. The Labute approximate surface area is 176 Å². The highest BCUT2D eigenvalue weighted by Gasteiger charge is 2.26. The number of nitrogens with zero attached hydrogens (tertiary/aromatic N) is 1. The van der Waals surface area contributed by atoms with Crippen LogP contribution in [0.5, 0.6) is 11.5 Å². The van der Waals surface area contributed by atoms with Crippen LogP contribution in [0, 0.1) is 0 Å². The Hall–Kier alpha value is -3.98. The summed E-state index contributed by atoms with van der Waals surface area (Å²) in [5.74, 6) is 1.66. The number of anilines is 1. The van der Waals surface area contributed by atoms with E-state index in [-0.39, 0.29) is 6.04 Å². The molecule has 0 aliphatic carbocycles. The van der Waals surface area contributed by atoms with Gasteiger partial charge >= 0.3 is 0 Å². The molecule has 5 rings (SSSR count). The van der Waals surface area contributed by atoms with Crippen LogP contribution in [0.2, 0.25) is 0 Å². The van der Waals surface area contributed by atoms with Crippen molar-refractivity contribution in [3.8, 4) is 11.5 Å². The molecule has 0 bridgehead atoms. The van der Waals surface area contributed by atoms with E-state index in [0.717, 1.165) is 28.4 Å². The molecule has 1 unspecified atom stereocenters. The van der Waals surface area contributed by atoms with Gasteiger partial charge in [0.15, 0.2) is 0 Å². The first kappa shape index (κ1) is 18.1. The Bertz CT molecular complexity index is 1120. The molecule has 1 aliphatic rings. The molecular formula is C27H22N2O. The van der Waals surface area contributed by atoms with Gasteiger partial charge in [-0.1, -0.05) is 66.7 Å². The minimum Gasteiger partial charge on any atom is -0.457 e. The van der Waals surface area contributed by atoms with Crippen LogP contribution in [0.15, 0.2) is 121 Å². The third kappa shape index (κ3) is 3.78. The maximum Gasteiger partial charge on any atom is 0.127 e. The van der Waals surface area contributed by atoms with E-state index in [1.807, 2.05) is 48.5 Å². The molecule has 0 fully saturated rings. The van der Waals surface area contributed by atoms with Gasteiger partial charge in [-0.3, -0.25) is 10.4 Å². The monoisotopic (exact) mass is 390 g/mol. The van der Waals surface area contributed by atoms with Crippen molar-refractivity contribution in [2.75, 3.05) is 5.01 Å². The van der Waals surface area contributed by atoms with Crippen molar-refractivity contribution in [2.45, 2.75) is 6.04 Å². The van der Waals surface area contributed by atoms with Gasteiger partial charge in [0, 0.05) is 0 Å². The number of hydrazine groups is 1. The van der Waals surface area contributed by atoms with Crippen LogP contribution in [-0.2, 0) is 0 Å². The molecule has 0 amide bonds. The van der Waals surface area contributed by atoms with Crippen molar-refractivity contribution in [1.29, 1.82) is 0 Å². The predicted molar refractivity (Wildman–Crippen MR) is 122 cm³/mol. The Morgan fingerprint density at radius 2 is 1.17 bits per heavy atom. The van der Waals surface area contributed by atoms with E-state index in [4.69, 9.17) is 4.74 Å². The highest BCUT2D eigenvalue weighted by Crippen LogP contribution is 2.35. The normalized spacial score (nSPS) is 15.4. The molecule has 0 radical (unpaired) electrons. The van der Waals surface area contributed by atoms with Gasteiger partial charge in [0.05, 0.1) is 17.4 Å². The summed E-state index contributed by atoms with van der Waals surface area (Å²) < 4.78 is 5.93. The number of benzene rings is 4. The van der Waals surface area contributed by atoms with Crippen molar-refractivity contribution in [3.05, 3.63) is 132 Å². The molecule has 146 valence electrons. The fraction of sp³-hybridized carbons (Fsp3) is 0.0370. The summed E-state index contributed by atoms with van der Waals surface area (Å²) >= 11 is 0. The minimum absolute atomic E-state index is 0.115. The first-order valence-electron chi connectivity index (χ1n) is 10.1. The Balaban J connectivity index is 1.42. The lowest BCUT2D eigenvalue weighted by molar-refractivity contribution is 0.482. The summed E-state index contributed by atoms with van der Waals surface area (Å²) in [6, 6.07) is 39.1. The van der Waals surface area contributed by atoms with Crippen molar-refractivity contribution in [1.82, 2.24) is 5.43 Å². The summed E-state index contributed by atoms with van der Waals surface area (Å²) in [5.41, 5.74) is 8.17. The van der Waals surface area contributed by atoms with Crippen LogP contribution in [0.25, 0.3) is 5.70 Å². The van der Waals surface area contributed by atoms with Crippen LogP contribution < -0.4 is 15.2 Å². The SMILES string of the molecule is C1=C(c2ccc(Oc3ccccc3)cc2)NN(c2ccccc2)C1c1ccccc1. The predicted octanol–water partition coefficient (Wildman–Crippen LogP) is 6.59. The van der Waals surface area contributed by atoms with Gasteiger partial charge in [0.2, 0.25) is 0 Å². The van der Waals surface area contributed by atoms with Gasteiger partial charge in [0.25, 0.3) is 0 Å². The molecule has 0 saturated carbocycles. The lowest BCUT2D eigenvalue weighted by Gasteiger charge is -2.27. The standard InChI is InChI=1S/C27H22N2O/c1-4-10-22(11-5-1)27-20-26(28-29(27)23-12-6-2-7-13-23)21-16-18-25(19-17-21)30-24-14-8-3-9-15-24/h1-20,27-28H. The molecule has 4 aromatic carbocycles. The van der Waals surface area contributed by atoms with Crippen LogP contribution in [0.3, 0.4) is 0 Å². The van der Waals surface area contributed by atoms with E-state index in [0.29, 0.717) is 0 Å². The maximum atomic E-state index is 5.93. The topological polar surface area (TPSA) is 24.5 Å². The molecule has 30 heavy (non-hydrogen) atoms. The minimum atomic E-state index is 0.115. The van der Waals surface area contributed by atoms with E-state index < -0.39 is 0 Å². The van der Waals surface area contributed by atoms with Gasteiger partial charge in [-0.15, -0.1) is 0 Å². The van der Waals surface area contributed by atoms with E-state index in [9.17, 15) is 0 Å². The average molecular weight is 390 g/mol. The molecule has 1 aliphatic heterocycles. The highest BCUT2D eigenvalue weighted by atomic mass is 16.5. The molecule has 1 heterocycles. The molecule has 0 saturated heterocycles. The first-order valence-corrected chi connectivity index (χ1v) is 10.1. The molecule has 1 N–H and O–H groups in total. The van der Waals surface area contributed by atoms with Crippen LogP contribution in [-0.4, -0.2) is 0 Å². The number of para-hydroxylation sites is 2. The largest absolute Gasteiger partial charge is 0.457 e. The van der Waals surface area contributed by atoms with E-state index >= 15 is 0 Å². The smallest absolute Gasteiger partial charge is 0.127 e. The van der Waals surface area contributed by atoms with Crippen molar-refractivity contribution in [3.63, 3.8) is 0 Å². The van der Waals surface area contributed by atoms with Gasteiger partial charge < -0.3 is 4.74 Å². The first-order chi connectivity index (χ1) is 14.9. The molecule has 0 aromatic heterocycles. The number of ether oxygens (including phenoxy) is 1. The summed E-state index contributed by atoms with van der Waals surface area (Å²) in [5, 5.41) is 2.21. The number of rotatable bonds is 5. The van der Waals surface area contributed by atoms with Gasteiger partial charge in [0.1, 0.15) is 11.5 Å². The van der Waals surface area contributed by atoms with Crippen LogP contribution >= 0.6 is 0 Å². The van der Waals surface area contributed by atoms with Crippen LogP contribution in [0.1, 0.15) is 17.2 Å². The third-order valence-corrected chi connectivity index (χ3v) is 5.16. The van der Waals surface area contributed by atoms with Gasteiger partial charge in [-0.2, -0.15) is 0 Å². The molecule has 1 atom stereocenters. The van der Waals surface area contributed by atoms with E-state index in [1.165, 1.54) is 5.56 Å². The van der Waals surface area contributed by atoms with Crippen molar-refractivity contribution >= 4 is 11.4 Å². The van der Waals surface area contributed by atoms with Crippen molar-refractivity contribution in [2.24, 2.45) is 0 Å². The average Bonchev–Trinajstić information content (AvgIpc) is 3.27. The van der Waals surface area contributed by atoms with E-state index in [1.54, 1.807) is 0 Å². The molecule has 3 heteroatoms. The highest BCUT2D eigenvalue weighted by molar-refractivity contribution is 5.72. The van der Waals surface area contributed by atoms with Crippen LogP contribution in [0.4, 0.5) is 5.69 Å². The maximum absolute atomic E-state index is 5.93. The second-order valence-electron chi connectivity index (χ2n) is 7.19. The summed E-state index contributed by atoms with van der Waals surface area (Å²) in [4.78, 5) is 0. The Kier molecular flexibility index (Phi) is 4.93. The number of hydrogen-bond donors (Lipinski definition) is 1. The molecule has 0 spiro atoms. The fourth-order valence-electron chi connectivity index (χ4n) is 3.67. The summed E-state index contributed by atoms with van der Waals surface area (Å²) in [7, 11) is 0. The zero-order valence-corrected chi connectivity index (χ0v) is 16.5.